The standard InChI is InChI=1S/C23H27BrCl2N2O2S/c1-4-15(2)27-23(30)16(3)28(12-17-8-10-18(24)11-9-17)22(29)14-31-13-19-20(25)6-5-7-21(19)26/h5-11,15-16H,4,12-14H2,1-3H3,(H,27,30)/t15-,16-/m0/s1. The quantitative estimate of drug-likeness (QED) is 0.380. The Balaban J connectivity index is 2.11. The van der Waals surface area contributed by atoms with Gasteiger partial charge in [0.15, 0.2) is 0 Å². The molecule has 0 aliphatic rings. The summed E-state index contributed by atoms with van der Waals surface area (Å²) in [5.41, 5.74) is 1.77. The number of amides is 2. The molecule has 2 aromatic carbocycles. The third-order valence-corrected chi connectivity index (χ3v) is 7.15. The number of carbonyl (C=O) groups is 2. The highest BCUT2D eigenvalue weighted by molar-refractivity contribution is 9.10. The van der Waals surface area contributed by atoms with Crippen molar-refractivity contribution in [3.05, 3.63) is 68.1 Å². The van der Waals surface area contributed by atoms with Gasteiger partial charge >= 0.3 is 0 Å². The van der Waals surface area contributed by atoms with Crippen LogP contribution in [-0.2, 0) is 21.9 Å². The Morgan fingerprint density at radius 3 is 2.29 bits per heavy atom. The lowest BCUT2D eigenvalue weighted by Gasteiger charge is -2.29. The molecule has 2 aromatic rings. The van der Waals surface area contributed by atoms with E-state index in [4.69, 9.17) is 23.2 Å². The van der Waals surface area contributed by atoms with Crippen LogP contribution in [-0.4, -0.2) is 34.6 Å². The van der Waals surface area contributed by atoms with Gasteiger partial charge in [0.2, 0.25) is 11.8 Å². The second kappa shape index (κ2) is 12.7. The molecule has 0 heterocycles. The van der Waals surface area contributed by atoms with Gasteiger partial charge in [-0.3, -0.25) is 9.59 Å². The van der Waals surface area contributed by atoms with Crippen molar-refractivity contribution >= 4 is 62.7 Å². The Morgan fingerprint density at radius 1 is 1.10 bits per heavy atom. The third kappa shape index (κ3) is 8.01. The lowest BCUT2D eigenvalue weighted by atomic mass is 10.1. The summed E-state index contributed by atoms with van der Waals surface area (Å²) in [6.07, 6.45) is 0.827. The topological polar surface area (TPSA) is 49.4 Å². The van der Waals surface area contributed by atoms with E-state index in [1.807, 2.05) is 38.1 Å². The molecule has 0 saturated carbocycles. The van der Waals surface area contributed by atoms with Crippen LogP contribution in [0.3, 0.4) is 0 Å². The molecule has 0 radical (unpaired) electrons. The highest BCUT2D eigenvalue weighted by atomic mass is 79.9. The minimum absolute atomic E-state index is 0.0522. The SMILES string of the molecule is CC[C@H](C)NC(=O)[C@H](C)N(Cc1ccc(Br)cc1)C(=O)CSCc1c(Cl)cccc1Cl. The van der Waals surface area contributed by atoms with Crippen LogP contribution in [0.5, 0.6) is 0 Å². The van der Waals surface area contributed by atoms with Gasteiger partial charge in [-0.1, -0.05) is 64.3 Å². The fourth-order valence-corrected chi connectivity index (χ4v) is 4.74. The normalized spacial score (nSPS) is 12.8. The monoisotopic (exact) mass is 544 g/mol. The van der Waals surface area contributed by atoms with Gasteiger partial charge in [-0.15, -0.1) is 11.8 Å². The fourth-order valence-electron chi connectivity index (χ4n) is 2.83. The van der Waals surface area contributed by atoms with E-state index in [1.165, 1.54) is 11.8 Å². The van der Waals surface area contributed by atoms with Crippen LogP contribution < -0.4 is 5.32 Å². The van der Waals surface area contributed by atoms with Crippen LogP contribution in [0.2, 0.25) is 10.0 Å². The zero-order valence-electron chi connectivity index (χ0n) is 17.8. The molecule has 2 rings (SSSR count). The van der Waals surface area contributed by atoms with Crippen molar-refractivity contribution in [1.29, 1.82) is 0 Å². The Bertz CT molecular complexity index is 875. The summed E-state index contributed by atoms with van der Waals surface area (Å²) in [5, 5.41) is 4.14. The maximum absolute atomic E-state index is 13.1. The molecule has 8 heteroatoms. The third-order valence-electron chi connectivity index (χ3n) is 4.97. The molecule has 1 N–H and O–H groups in total. The molecule has 0 saturated heterocycles. The smallest absolute Gasteiger partial charge is 0.242 e. The van der Waals surface area contributed by atoms with Gasteiger partial charge in [-0.2, -0.15) is 0 Å². The molecule has 4 nitrogen and oxygen atoms in total. The largest absolute Gasteiger partial charge is 0.352 e. The first kappa shape index (κ1) is 26.0. The van der Waals surface area contributed by atoms with Crippen molar-refractivity contribution in [3.8, 4) is 0 Å². The van der Waals surface area contributed by atoms with Crippen LogP contribution >= 0.6 is 50.9 Å². The summed E-state index contributed by atoms with van der Waals surface area (Å²) in [6.45, 7) is 6.09. The zero-order chi connectivity index (χ0) is 23.0. The first-order valence-electron chi connectivity index (χ1n) is 10.1. The van der Waals surface area contributed by atoms with Crippen molar-refractivity contribution in [3.63, 3.8) is 0 Å². The van der Waals surface area contributed by atoms with Crippen LogP contribution in [0.1, 0.15) is 38.3 Å². The van der Waals surface area contributed by atoms with Crippen LogP contribution in [0.4, 0.5) is 0 Å². The van der Waals surface area contributed by atoms with Crippen molar-refractivity contribution < 1.29 is 9.59 Å². The average molecular weight is 546 g/mol. The summed E-state index contributed by atoms with van der Waals surface area (Å²) in [5.74, 6) is 0.477. The summed E-state index contributed by atoms with van der Waals surface area (Å²) < 4.78 is 0.962. The average Bonchev–Trinajstić information content (AvgIpc) is 2.74. The predicted molar refractivity (Wildman–Crippen MR) is 135 cm³/mol. The van der Waals surface area contributed by atoms with Gasteiger partial charge in [-0.05, 0) is 55.7 Å². The molecule has 0 bridgehead atoms. The number of nitrogens with zero attached hydrogens (tertiary/aromatic N) is 1. The molecule has 0 unspecified atom stereocenters. The number of hydrogen-bond acceptors (Lipinski definition) is 3. The number of nitrogens with one attached hydrogen (secondary N) is 1. The number of thioether (sulfide) groups is 1. The van der Waals surface area contributed by atoms with Gasteiger partial charge in [-0.25, -0.2) is 0 Å². The molecule has 0 aliphatic carbocycles. The maximum atomic E-state index is 13.1. The van der Waals surface area contributed by atoms with Crippen molar-refractivity contribution in [2.45, 2.75) is 51.6 Å². The fraction of sp³-hybridized carbons (Fsp3) is 0.391. The Hall–Kier alpha value is -1.21. The molecular weight excluding hydrogens is 519 g/mol. The second-order valence-corrected chi connectivity index (χ2v) is 10.1. The molecule has 31 heavy (non-hydrogen) atoms. The summed E-state index contributed by atoms with van der Waals surface area (Å²) in [4.78, 5) is 27.5. The number of halogens is 3. The minimum Gasteiger partial charge on any atom is -0.352 e. The van der Waals surface area contributed by atoms with E-state index < -0.39 is 6.04 Å². The van der Waals surface area contributed by atoms with Crippen LogP contribution in [0, 0.1) is 0 Å². The van der Waals surface area contributed by atoms with E-state index >= 15 is 0 Å². The maximum Gasteiger partial charge on any atom is 0.242 e. The van der Waals surface area contributed by atoms with E-state index in [0.29, 0.717) is 22.3 Å². The van der Waals surface area contributed by atoms with Crippen LogP contribution in [0.25, 0.3) is 0 Å². The summed E-state index contributed by atoms with van der Waals surface area (Å²) in [7, 11) is 0. The van der Waals surface area contributed by atoms with E-state index in [0.717, 1.165) is 22.0 Å². The molecule has 0 aromatic heterocycles. The Labute approximate surface area is 207 Å². The first-order valence-corrected chi connectivity index (χ1v) is 12.8. The molecule has 0 aliphatic heterocycles. The van der Waals surface area contributed by atoms with Crippen molar-refractivity contribution in [2.75, 3.05) is 5.75 Å². The minimum atomic E-state index is -0.588. The number of hydrogen-bond donors (Lipinski definition) is 1. The predicted octanol–water partition coefficient (Wildman–Crippen LogP) is 6.32. The molecule has 0 spiro atoms. The van der Waals surface area contributed by atoms with Gasteiger partial charge in [0, 0.05) is 32.9 Å². The molecule has 0 fully saturated rings. The Kier molecular flexibility index (Phi) is 10.7. The van der Waals surface area contributed by atoms with Crippen molar-refractivity contribution in [2.24, 2.45) is 0 Å². The second-order valence-electron chi connectivity index (χ2n) is 7.33. The summed E-state index contributed by atoms with van der Waals surface area (Å²) in [6, 6.07) is 12.6. The highest BCUT2D eigenvalue weighted by Gasteiger charge is 2.26. The number of rotatable bonds is 10. The van der Waals surface area contributed by atoms with Gasteiger partial charge in [0.1, 0.15) is 6.04 Å². The van der Waals surface area contributed by atoms with Gasteiger partial charge < -0.3 is 10.2 Å². The summed E-state index contributed by atoms with van der Waals surface area (Å²) >= 11 is 17.3. The number of carbonyl (C=O) groups excluding carboxylic acids is 2. The van der Waals surface area contributed by atoms with Gasteiger partial charge in [0.05, 0.1) is 5.75 Å². The van der Waals surface area contributed by atoms with Crippen LogP contribution in [0.15, 0.2) is 46.9 Å². The first-order chi connectivity index (χ1) is 14.7. The van der Waals surface area contributed by atoms with Gasteiger partial charge in [0.25, 0.3) is 0 Å². The molecule has 2 atom stereocenters. The van der Waals surface area contributed by atoms with E-state index in [-0.39, 0.29) is 23.6 Å². The zero-order valence-corrected chi connectivity index (χ0v) is 21.7. The van der Waals surface area contributed by atoms with E-state index in [2.05, 4.69) is 21.2 Å². The highest BCUT2D eigenvalue weighted by Crippen LogP contribution is 2.28. The molecular formula is C23H27BrCl2N2O2S. The molecule has 168 valence electrons. The Morgan fingerprint density at radius 2 is 1.71 bits per heavy atom. The van der Waals surface area contributed by atoms with E-state index in [9.17, 15) is 9.59 Å². The lowest BCUT2D eigenvalue weighted by molar-refractivity contribution is -0.138. The molecule has 2 amide bonds. The lowest BCUT2D eigenvalue weighted by Crippen LogP contribution is -2.50. The van der Waals surface area contributed by atoms with E-state index in [1.54, 1.807) is 30.0 Å². The van der Waals surface area contributed by atoms with Crippen molar-refractivity contribution in [1.82, 2.24) is 10.2 Å². The number of benzene rings is 2.